The summed E-state index contributed by atoms with van der Waals surface area (Å²) in [5.74, 6) is -0.609. The number of quaternary nitrogens is 1. The van der Waals surface area contributed by atoms with Crippen LogP contribution in [0.3, 0.4) is 0 Å². The van der Waals surface area contributed by atoms with Crippen molar-refractivity contribution in [3.8, 4) is 0 Å². The van der Waals surface area contributed by atoms with Crippen LogP contribution in [0.15, 0.2) is 53.4 Å². The maximum absolute atomic E-state index is 13.0. The highest BCUT2D eigenvalue weighted by atomic mass is 32.2. The molecule has 0 spiro atoms. The molecule has 100 valence electrons. The van der Waals surface area contributed by atoms with Gasteiger partial charge < -0.3 is 10.5 Å². The van der Waals surface area contributed by atoms with Crippen LogP contribution in [0.5, 0.6) is 0 Å². The maximum atomic E-state index is 13.0. The van der Waals surface area contributed by atoms with Gasteiger partial charge in [-0.2, -0.15) is 0 Å². The zero-order valence-corrected chi connectivity index (χ0v) is 10.9. The zero-order valence-electron chi connectivity index (χ0n) is 10.1. The van der Waals surface area contributed by atoms with Crippen molar-refractivity contribution in [3.05, 3.63) is 64.6 Å². The largest absolute Gasteiger partial charge is 0.573 e. The van der Waals surface area contributed by atoms with Gasteiger partial charge in [-0.05, 0) is 18.2 Å². The molecule has 0 aliphatic carbocycles. The lowest BCUT2D eigenvalue weighted by Gasteiger charge is -2.22. The smallest absolute Gasteiger partial charge is 0.124 e. The predicted octanol–water partition coefficient (Wildman–Crippen LogP) is 1.96. The number of nitrogens with zero attached hydrogens (tertiary/aromatic N) is 1. The molecule has 0 amide bonds. The van der Waals surface area contributed by atoms with Crippen LogP contribution in [0, 0.1) is 5.82 Å². The third kappa shape index (κ3) is 3.30. The van der Waals surface area contributed by atoms with Gasteiger partial charge in [-0.3, -0.25) is 0 Å². The van der Waals surface area contributed by atoms with Crippen LogP contribution in [0.4, 0.5) is 10.1 Å². The topological polar surface area (TPSA) is 75.9 Å². The van der Waals surface area contributed by atoms with Gasteiger partial charge in [0, 0.05) is 5.56 Å². The van der Waals surface area contributed by atoms with Crippen molar-refractivity contribution in [1.29, 1.82) is 0 Å². The highest BCUT2D eigenvalue weighted by molar-refractivity contribution is 7.94. The lowest BCUT2D eigenvalue weighted by Crippen LogP contribution is -2.47. The van der Waals surface area contributed by atoms with E-state index in [-0.39, 0.29) is 4.90 Å². The number of sulfonamides is 1. The molecule has 0 aromatic heterocycles. The molecule has 0 heterocycles. The van der Waals surface area contributed by atoms with Crippen LogP contribution in [-0.4, -0.2) is 8.42 Å². The summed E-state index contributed by atoms with van der Waals surface area (Å²) >= 11 is 0. The summed E-state index contributed by atoms with van der Waals surface area (Å²) in [5, 5.41) is 0. The molecule has 0 saturated carbocycles. The molecule has 2 rings (SSSR count). The Hall–Kier alpha value is -1.92. The molecule has 0 fully saturated rings. The molecule has 0 bridgehead atoms. The summed E-state index contributed by atoms with van der Waals surface area (Å²) in [6.45, 7) is 0.545. The number of benzene rings is 2. The Morgan fingerprint density at radius 1 is 1.11 bits per heavy atom. The number of hydrogen-bond acceptors (Lipinski definition) is 2. The second-order valence-electron chi connectivity index (χ2n) is 3.94. The lowest BCUT2D eigenvalue weighted by atomic mass is 10.2. The second-order valence-corrected chi connectivity index (χ2v) is 5.55. The summed E-state index contributed by atoms with van der Waals surface area (Å²) in [4.78, 5) is -0.160. The van der Waals surface area contributed by atoms with E-state index >= 15 is 0 Å². The molecule has 0 atom stereocenters. The minimum atomic E-state index is -3.90. The van der Waals surface area contributed by atoms with E-state index < -0.39 is 15.8 Å². The monoisotopic (exact) mass is 280 g/mol. The van der Waals surface area contributed by atoms with Crippen LogP contribution in [-0.2, 0) is 16.6 Å². The number of halogens is 1. The van der Waals surface area contributed by atoms with Crippen molar-refractivity contribution in [3.63, 3.8) is 0 Å². The molecule has 2 aromatic carbocycles. The van der Waals surface area contributed by atoms with Crippen LogP contribution >= 0.6 is 0 Å². The van der Waals surface area contributed by atoms with Gasteiger partial charge in [-0.1, -0.05) is 30.3 Å². The molecule has 19 heavy (non-hydrogen) atoms. The molecular weight excluding hydrogens is 267 g/mol. The highest BCUT2D eigenvalue weighted by Gasteiger charge is 2.05. The molecule has 0 saturated heterocycles. The van der Waals surface area contributed by atoms with Gasteiger partial charge >= 0.3 is 0 Å². The minimum absolute atomic E-state index is 0.160. The van der Waals surface area contributed by atoms with Gasteiger partial charge in [0.2, 0.25) is 0 Å². The summed E-state index contributed by atoms with van der Waals surface area (Å²) in [5.41, 5.74) is 4.92. The van der Waals surface area contributed by atoms with Crippen molar-refractivity contribution >= 4 is 15.7 Å². The fourth-order valence-corrected chi connectivity index (χ4v) is 2.60. The Morgan fingerprint density at radius 2 is 1.84 bits per heavy atom. The van der Waals surface area contributed by atoms with Gasteiger partial charge in [0.1, 0.15) is 15.8 Å². The normalized spacial score (nSPS) is 11.3. The van der Waals surface area contributed by atoms with Crippen LogP contribution in [0.1, 0.15) is 5.56 Å². The zero-order chi connectivity index (χ0) is 13.9. The van der Waals surface area contributed by atoms with E-state index in [2.05, 4.69) is 10.5 Å². The Bertz CT molecular complexity index is 687. The average Bonchev–Trinajstić information content (AvgIpc) is 2.38. The summed E-state index contributed by atoms with van der Waals surface area (Å²) in [7, 11) is -3.90. The van der Waals surface area contributed by atoms with Crippen LogP contribution in [0.25, 0.3) is 4.72 Å². The third-order valence-electron chi connectivity index (χ3n) is 2.52. The first-order valence-corrected chi connectivity index (χ1v) is 7.07. The standard InChI is InChI=1S/C13H12FN2O2S/c14-11-4-2-6-13(8-11)19(17,18)16-12-5-1-3-10(7-12)9-15/h1-8H,9,15H2/q-1/p+1. The number of rotatable bonds is 4. The molecule has 0 unspecified atom stereocenters. The van der Waals surface area contributed by atoms with E-state index in [1.54, 1.807) is 18.2 Å². The molecule has 0 aliphatic heterocycles. The Labute approximate surface area is 111 Å². The molecular formula is C13H13FN2O2S. The van der Waals surface area contributed by atoms with Crippen molar-refractivity contribution in [2.24, 2.45) is 0 Å². The van der Waals surface area contributed by atoms with Gasteiger partial charge in [0.05, 0.1) is 11.4 Å². The fraction of sp³-hybridized carbons (Fsp3) is 0.0769. The van der Waals surface area contributed by atoms with Crippen LogP contribution in [0.2, 0.25) is 0 Å². The minimum Gasteiger partial charge on any atom is -0.573 e. The molecule has 0 radical (unpaired) electrons. The summed E-state index contributed by atoms with van der Waals surface area (Å²) < 4.78 is 40.7. The Morgan fingerprint density at radius 3 is 2.53 bits per heavy atom. The SMILES string of the molecule is [NH3+]Cc1cccc([N-]S(=O)(=O)c2cccc(F)c2)c1. The first kappa shape index (κ1) is 13.5. The fourth-order valence-electron chi connectivity index (χ4n) is 1.59. The second kappa shape index (κ2) is 5.38. The molecule has 0 aliphatic rings. The molecule has 6 heteroatoms. The van der Waals surface area contributed by atoms with Crippen molar-refractivity contribution in [2.45, 2.75) is 11.4 Å². The number of hydrogen-bond donors (Lipinski definition) is 1. The Kier molecular flexibility index (Phi) is 3.82. The highest BCUT2D eigenvalue weighted by Crippen LogP contribution is 2.28. The predicted molar refractivity (Wildman–Crippen MR) is 69.6 cm³/mol. The van der Waals surface area contributed by atoms with Crippen molar-refractivity contribution in [1.82, 2.24) is 0 Å². The van der Waals surface area contributed by atoms with E-state index in [1.807, 2.05) is 6.07 Å². The van der Waals surface area contributed by atoms with Gasteiger partial charge in [-0.15, -0.1) is 5.69 Å². The Balaban J connectivity index is 2.31. The van der Waals surface area contributed by atoms with Gasteiger partial charge in [0.15, 0.2) is 0 Å². The first-order valence-electron chi connectivity index (χ1n) is 5.63. The summed E-state index contributed by atoms with van der Waals surface area (Å²) in [6, 6.07) is 11.5. The van der Waals surface area contributed by atoms with E-state index in [4.69, 9.17) is 0 Å². The van der Waals surface area contributed by atoms with Crippen LogP contribution < -0.4 is 5.73 Å². The first-order chi connectivity index (χ1) is 9.01. The van der Waals surface area contributed by atoms with E-state index in [0.29, 0.717) is 12.2 Å². The molecule has 4 nitrogen and oxygen atoms in total. The maximum Gasteiger partial charge on any atom is 0.124 e. The van der Waals surface area contributed by atoms with Crippen molar-refractivity contribution in [2.75, 3.05) is 0 Å². The summed E-state index contributed by atoms with van der Waals surface area (Å²) in [6.07, 6.45) is 0. The van der Waals surface area contributed by atoms with Gasteiger partial charge in [0.25, 0.3) is 0 Å². The van der Waals surface area contributed by atoms with E-state index in [9.17, 15) is 12.8 Å². The molecule has 2 aromatic rings. The average molecular weight is 280 g/mol. The van der Waals surface area contributed by atoms with E-state index in [1.165, 1.54) is 18.2 Å². The van der Waals surface area contributed by atoms with E-state index in [0.717, 1.165) is 11.6 Å². The van der Waals surface area contributed by atoms with Crippen molar-refractivity contribution < 1.29 is 18.5 Å². The quantitative estimate of drug-likeness (QED) is 0.929. The van der Waals surface area contributed by atoms with Gasteiger partial charge in [-0.25, -0.2) is 12.8 Å². The molecule has 3 N–H and O–H groups in total. The third-order valence-corrected chi connectivity index (χ3v) is 3.82. The lowest BCUT2D eigenvalue weighted by molar-refractivity contribution is -0.386.